The fraction of sp³-hybridized carbons (Fsp3) is 0.571. The van der Waals surface area contributed by atoms with Crippen molar-refractivity contribution in [3.63, 3.8) is 0 Å². The van der Waals surface area contributed by atoms with Crippen molar-refractivity contribution in [2.24, 2.45) is 11.8 Å². The van der Waals surface area contributed by atoms with E-state index >= 15 is 0 Å². The minimum Gasteiger partial charge on any atom is -0.462 e. The summed E-state index contributed by atoms with van der Waals surface area (Å²) >= 11 is 4.69. The Kier molecular flexibility index (Phi) is 12.1. The number of carbonyl (C=O) groups excluding carboxylic acids is 3. The van der Waals surface area contributed by atoms with Crippen LogP contribution < -0.4 is 0 Å². The highest BCUT2D eigenvalue weighted by molar-refractivity contribution is 9.09. The third kappa shape index (κ3) is 9.73. The predicted octanol–water partition coefficient (Wildman–Crippen LogP) is 5.12. The van der Waals surface area contributed by atoms with Crippen LogP contribution in [-0.4, -0.2) is 41.4 Å². The van der Waals surface area contributed by atoms with Crippen LogP contribution in [0.15, 0.2) is 24.3 Å². The summed E-state index contributed by atoms with van der Waals surface area (Å²) in [6.07, 6.45) is 2.06. The number of esters is 2. The number of carbonyl (C=O) groups is 3. The van der Waals surface area contributed by atoms with Gasteiger partial charge < -0.3 is 9.47 Å². The zero-order chi connectivity index (χ0) is 20.9. The topological polar surface area (TPSA) is 69.7 Å². The summed E-state index contributed by atoms with van der Waals surface area (Å²) in [7, 11) is 0. The second kappa shape index (κ2) is 13.8. The number of thioether (sulfide) groups is 1. The summed E-state index contributed by atoms with van der Waals surface area (Å²) < 4.78 is 10.5. The van der Waals surface area contributed by atoms with E-state index in [9.17, 15) is 14.4 Å². The fourth-order valence-corrected chi connectivity index (χ4v) is 3.32. The van der Waals surface area contributed by atoms with Crippen molar-refractivity contribution >= 4 is 44.7 Å². The summed E-state index contributed by atoms with van der Waals surface area (Å²) in [4.78, 5) is 35.9. The maximum Gasteiger partial charge on any atom is 0.338 e. The third-order valence-corrected chi connectivity index (χ3v) is 5.87. The molecule has 2 atom stereocenters. The summed E-state index contributed by atoms with van der Waals surface area (Å²) in [6, 6.07) is 6.36. The van der Waals surface area contributed by atoms with E-state index in [2.05, 4.69) is 15.9 Å². The summed E-state index contributed by atoms with van der Waals surface area (Å²) in [6.45, 7) is 6.56. The Morgan fingerprint density at radius 1 is 1.07 bits per heavy atom. The molecule has 1 aromatic rings. The van der Waals surface area contributed by atoms with Crippen LogP contribution in [0, 0.1) is 11.8 Å². The number of halogens is 1. The monoisotopic (exact) mass is 472 g/mol. The molecule has 2 unspecified atom stereocenters. The lowest BCUT2D eigenvalue weighted by atomic mass is 10.0. The highest BCUT2D eigenvalue weighted by Crippen LogP contribution is 2.16. The van der Waals surface area contributed by atoms with Gasteiger partial charge >= 0.3 is 11.9 Å². The minimum atomic E-state index is -0.464. The van der Waals surface area contributed by atoms with Crippen molar-refractivity contribution in [2.45, 2.75) is 40.0 Å². The highest BCUT2D eigenvalue weighted by Gasteiger charge is 2.14. The molecule has 0 bridgehead atoms. The standard InChI is InChI=1S/C21H29BrO5S/c1-4-28-19(23)11-15(2)7-6-10-26-20(24)17-8-5-9-18(12-17)21(25)27-14-16(3)13-22/h5,8-9,12,15-16H,4,6-7,10-11,13-14H2,1-3H3. The van der Waals surface area contributed by atoms with Crippen molar-refractivity contribution in [2.75, 3.05) is 24.3 Å². The van der Waals surface area contributed by atoms with E-state index in [1.165, 1.54) is 17.8 Å². The number of alkyl halides is 1. The quantitative estimate of drug-likeness (QED) is 0.239. The van der Waals surface area contributed by atoms with Gasteiger partial charge in [-0.3, -0.25) is 4.79 Å². The van der Waals surface area contributed by atoms with Crippen molar-refractivity contribution < 1.29 is 23.9 Å². The van der Waals surface area contributed by atoms with Gasteiger partial charge in [0.05, 0.1) is 24.3 Å². The lowest BCUT2D eigenvalue weighted by Crippen LogP contribution is -2.14. The molecular weight excluding hydrogens is 444 g/mol. The second-order valence-electron chi connectivity index (χ2n) is 6.83. The van der Waals surface area contributed by atoms with Crippen molar-refractivity contribution in [3.8, 4) is 0 Å². The van der Waals surface area contributed by atoms with Gasteiger partial charge in [0.15, 0.2) is 5.12 Å². The van der Waals surface area contributed by atoms with Crippen LogP contribution >= 0.6 is 27.7 Å². The third-order valence-electron chi connectivity index (χ3n) is 3.99. The molecule has 0 fully saturated rings. The van der Waals surface area contributed by atoms with Gasteiger partial charge in [0.1, 0.15) is 0 Å². The Labute approximate surface area is 180 Å². The summed E-state index contributed by atoms with van der Waals surface area (Å²) in [5.41, 5.74) is 0.655. The van der Waals surface area contributed by atoms with Crippen LogP contribution in [0.1, 0.15) is 60.7 Å². The Morgan fingerprint density at radius 3 is 2.32 bits per heavy atom. The average Bonchev–Trinajstić information content (AvgIpc) is 2.69. The van der Waals surface area contributed by atoms with Crippen LogP contribution in [0.2, 0.25) is 0 Å². The molecule has 7 heteroatoms. The minimum absolute atomic E-state index is 0.209. The van der Waals surface area contributed by atoms with Gasteiger partial charge in [-0.1, -0.05) is 54.5 Å². The summed E-state index contributed by atoms with van der Waals surface area (Å²) in [5.74, 6) is 0.367. The first-order chi connectivity index (χ1) is 13.4. The average molecular weight is 473 g/mol. The normalized spacial score (nSPS) is 12.9. The lowest BCUT2D eigenvalue weighted by Gasteiger charge is -2.11. The number of hydrogen-bond acceptors (Lipinski definition) is 6. The van der Waals surface area contributed by atoms with Crippen molar-refractivity contribution in [1.29, 1.82) is 0 Å². The zero-order valence-corrected chi connectivity index (χ0v) is 19.1. The Morgan fingerprint density at radius 2 is 1.71 bits per heavy atom. The number of hydrogen-bond donors (Lipinski definition) is 0. The van der Waals surface area contributed by atoms with Gasteiger partial charge in [0.2, 0.25) is 0 Å². The largest absolute Gasteiger partial charge is 0.462 e. The molecule has 0 aliphatic carbocycles. The van der Waals surface area contributed by atoms with Gasteiger partial charge in [-0.25, -0.2) is 9.59 Å². The fourth-order valence-electron chi connectivity index (χ4n) is 2.41. The molecule has 0 heterocycles. The summed E-state index contributed by atoms with van der Waals surface area (Å²) in [5, 5.41) is 0.956. The molecule has 0 radical (unpaired) electrons. The Hall–Kier alpha value is -1.34. The molecule has 1 aromatic carbocycles. The van der Waals surface area contributed by atoms with Crippen molar-refractivity contribution in [3.05, 3.63) is 35.4 Å². The smallest absolute Gasteiger partial charge is 0.338 e. The predicted molar refractivity (Wildman–Crippen MR) is 116 cm³/mol. The van der Waals surface area contributed by atoms with E-state index in [0.717, 1.165) is 17.5 Å². The lowest BCUT2D eigenvalue weighted by molar-refractivity contribution is -0.111. The van der Waals surface area contributed by atoms with Crippen LogP contribution in [0.5, 0.6) is 0 Å². The Balaban J connectivity index is 2.42. The van der Waals surface area contributed by atoms with Crippen molar-refractivity contribution in [1.82, 2.24) is 0 Å². The molecule has 5 nitrogen and oxygen atoms in total. The van der Waals surface area contributed by atoms with Gasteiger partial charge in [0, 0.05) is 11.8 Å². The molecule has 0 saturated carbocycles. The number of rotatable bonds is 12. The van der Waals surface area contributed by atoms with Crippen LogP contribution in [0.25, 0.3) is 0 Å². The molecular formula is C21H29BrO5S. The molecule has 0 aliphatic rings. The van der Waals surface area contributed by atoms with Gasteiger partial charge in [-0.2, -0.15) is 0 Å². The number of benzene rings is 1. The molecule has 0 N–H and O–H groups in total. The molecule has 0 saturated heterocycles. The molecule has 0 amide bonds. The van der Waals surface area contributed by atoms with E-state index in [1.807, 2.05) is 20.8 Å². The first kappa shape index (κ1) is 24.7. The maximum absolute atomic E-state index is 12.2. The van der Waals surface area contributed by atoms with Crippen LogP contribution in [0.3, 0.4) is 0 Å². The first-order valence-electron chi connectivity index (χ1n) is 9.53. The molecule has 0 aliphatic heterocycles. The van der Waals surface area contributed by atoms with E-state index < -0.39 is 11.9 Å². The van der Waals surface area contributed by atoms with Gasteiger partial charge in [-0.15, -0.1) is 0 Å². The van der Waals surface area contributed by atoms with Gasteiger partial charge in [-0.05, 0) is 48.6 Å². The molecule has 0 aromatic heterocycles. The SMILES string of the molecule is CCSC(=O)CC(C)CCCOC(=O)c1cccc(C(=O)OCC(C)CBr)c1. The molecule has 0 spiro atoms. The highest BCUT2D eigenvalue weighted by atomic mass is 79.9. The molecule has 28 heavy (non-hydrogen) atoms. The van der Waals surface area contributed by atoms with E-state index in [0.29, 0.717) is 30.6 Å². The zero-order valence-electron chi connectivity index (χ0n) is 16.7. The Bertz CT molecular complexity index is 649. The number of ether oxygens (including phenoxy) is 2. The molecule has 156 valence electrons. The second-order valence-corrected chi connectivity index (χ2v) is 8.80. The van der Waals surface area contributed by atoms with Crippen LogP contribution in [0.4, 0.5) is 0 Å². The van der Waals surface area contributed by atoms with Gasteiger partial charge in [0.25, 0.3) is 0 Å². The van der Waals surface area contributed by atoms with E-state index in [-0.39, 0.29) is 23.6 Å². The maximum atomic E-state index is 12.2. The van der Waals surface area contributed by atoms with E-state index in [1.54, 1.807) is 18.2 Å². The first-order valence-corrected chi connectivity index (χ1v) is 11.6. The van der Waals surface area contributed by atoms with Crippen LogP contribution in [-0.2, 0) is 14.3 Å². The molecule has 1 rings (SSSR count). The van der Waals surface area contributed by atoms with E-state index in [4.69, 9.17) is 9.47 Å².